The maximum atomic E-state index is 13.3. The quantitative estimate of drug-likeness (QED) is 0.365. The predicted octanol–water partition coefficient (Wildman–Crippen LogP) is 6.35. The number of hydrogen-bond donors (Lipinski definition) is 2. The van der Waals surface area contributed by atoms with Crippen LogP contribution < -0.4 is 10.6 Å². The van der Waals surface area contributed by atoms with Crippen LogP contribution in [0.3, 0.4) is 0 Å². The number of benzene rings is 2. The number of carbonyl (C=O) groups excluding carboxylic acids is 2. The number of ketones is 1. The molecule has 170 valence electrons. The van der Waals surface area contributed by atoms with Gasteiger partial charge in [0.1, 0.15) is 0 Å². The third kappa shape index (κ3) is 5.26. The van der Waals surface area contributed by atoms with Crippen molar-refractivity contribution in [2.45, 2.75) is 12.8 Å². The number of para-hydroxylation sites is 1. The first-order chi connectivity index (χ1) is 16.5. The molecule has 1 aliphatic rings. The van der Waals surface area contributed by atoms with Crippen LogP contribution in [0.4, 0.5) is 5.69 Å². The SMILES string of the molecule is CC1=C(C(=O)Nc2ccccc2)C(c2cccs2)C(C#N)=C(SCC(=O)c2ccc(Cl)cc2)N1. The number of rotatable bonds is 7. The van der Waals surface area contributed by atoms with Gasteiger partial charge in [-0.25, -0.2) is 0 Å². The number of halogens is 1. The van der Waals surface area contributed by atoms with E-state index in [2.05, 4.69) is 16.7 Å². The van der Waals surface area contributed by atoms with E-state index in [9.17, 15) is 14.9 Å². The van der Waals surface area contributed by atoms with Crippen molar-refractivity contribution in [2.24, 2.45) is 0 Å². The van der Waals surface area contributed by atoms with Crippen LogP contribution in [0.1, 0.15) is 28.1 Å². The molecule has 2 N–H and O–H groups in total. The molecule has 1 unspecified atom stereocenters. The maximum Gasteiger partial charge on any atom is 0.254 e. The lowest BCUT2D eigenvalue weighted by atomic mass is 9.86. The number of amides is 1. The van der Waals surface area contributed by atoms with E-state index in [1.807, 2.05) is 54.8 Å². The van der Waals surface area contributed by atoms with Crippen LogP contribution in [0.5, 0.6) is 0 Å². The average Bonchev–Trinajstić information content (AvgIpc) is 3.37. The predicted molar refractivity (Wildman–Crippen MR) is 139 cm³/mol. The number of hydrogen-bond acceptors (Lipinski definition) is 6. The summed E-state index contributed by atoms with van der Waals surface area (Å²) in [6.45, 7) is 1.82. The minimum atomic E-state index is -0.525. The van der Waals surface area contributed by atoms with Gasteiger partial charge in [0.05, 0.1) is 28.3 Å². The molecule has 0 fully saturated rings. The van der Waals surface area contributed by atoms with Gasteiger partial charge in [-0.3, -0.25) is 9.59 Å². The molecule has 0 radical (unpaired) electrons. The van der Waals surface area contributed by atoms with Gasteiger partial charge in [-0.2, -0.15) is 5.26 Å². The average molecular weight is 506 g/mol. The van der Waals surface area contributed by atoms with Gasteiger partial charge >= 0.3 is 0 Å². The Morgan fingerprint density at radius 2 is 1.85 bits per heavy atom. The van der Waals surface area contributed by atoms with E-state index in [1.165, 1.54) is 23.1 Å². The summed E-state index contributed by atoms with van der Waals surface area (Å²) < 4.78 is 0. The summed E-state index contributed by atoms with van der Waals surface area (Å²) in [5.41, 5.74) is 2.77. The van der Waals surface area contributed by atoms with Crippen LogP contribution >= 0.6 is 34.7 Å². The molecule has 0 saturated carbocycles. The Labute approximate surface area is 211 Å². The van der Waals surface area contributed by atoms with Crippen molar-refractivity contribution in [1.82, 2.24) is 5.32 Å². The molecular weight excluding hydrogens is 486 g/mol. The molecular formula is C26H20ClN3O2S2. The number of allylic oxidation sites excluding steroid dienone is 2. The highest BCUT2D eigenvalue weighted by Gasteiger charge is 2.35. The highest BCUT2D eigenvalue weighted by atomic mass is 35.5. The lowest BCUT2D eigenvalue weighted by Crippen LogP contribution is -2.30. The Balaban J connectivity index is 1.63. The molecule has 4 rings (SSSR count). The van der Waals surface area contributed by atoms with Crippen molar-refractivity contribution in [3.8, 4) is 6.07 Å². The van der Waals surface area contributed by atoms with E-state index in [4.69, 9.17) is 11.6 Å². The maximum absolute atomic E-state index is 13.3. The largest absolute Gasteiger partial charge is 0.353 e. The number of nitriles is 1. The zero-order valence-electron chi connectivity index (χ0n) is 18.2. The monoisotopic (exact) mass is 505 g/mol. The van der Waals surface area contributed by atoms with Crippen LogP contribution in [-0.2, 0) is 4.79 Å². The smallest absolute Gasteiger partial charge is 0.254 e. The summed E-state index contributed by atoms with van der Waals surface area (Å²) in [4.78, 5) is 26.9. The topological polar surface area (TPSA) is 82.0 Å². The Bertz CT molecular complexity index is 1310. The number of nitrogens with zero attached hydrogens (tertiary/aromatic N) is 1. The second-order valence-corrected chi connectivity index (χ2v) is 9.91. The van der Waals surface area contributed by atoms with Gasteiger partial charge in [0.2, 0.25) is 0 Å². The third-order valence-electron chi connectivity index (χ3n) is 5.27. The van der Waals surface area contributed by atoms with Gasteiger partial charge < -0.3 is 10.6 Å². The number of anilines is 1. The lowest BCUT2D eigenvalue weighted by Gasteiger charge is -2.29. The Morgan fingerprint density at radius 3 is 2.50 bits per heavy atom. The van der Waals surface area contributed by atoms with Gasteiger partial charge in [0, 0.05) is 32.4 Å². The summed E-state index contributed by atoms with van der Waals surface area (Å²) in [7, 11) is 0. The van der Waals surface area contributed by atoms with E-state index >= 15 is 0 Å². The normalized spacial score (nSPS) is 15.5. The molecule has 0 saturated heterocycles. The molecule has 2 aromatic carbocycles. The molecule has 1 atom stereocenters. The summed E-state index contributed by atoms with van der Waals surface area (Å²) in [5, 5.41) is 19.3. The first-order valence-electron chi connectivity index (χ1n) is 10.4. The highest BCUT2D eigenvalue weighted by Crippen LogP contribution is 2.42. The van der Waals surface area contributed by atoms with E-state index in [0.717, 1.165) is 4.88 Å². The minimum Gasteiger partial charge on any atom is -0.353 e. The zero-order valence-corrected chi connectivity index (χ0v) is 20.6. The highest BCUT2D eigenvalue weighted by molar-refractivity contribution is 8.03. The second-order valence-electron chi connectivity index (χ2n) is 7.51. The van der Waals surface area contributed by atoms with E-state index in [1.54, 1.807) is 24.3 Å². The Hall–Kier alpha value is -3.31. The number of nitrogens with one attached hydrogen (secondary N) is 2. The van der Waals surface area contributed by atoms with Crippen LogP contribution in [-0.4, -0.2) is 17.4 Å². The Morgan fingerprint density at radius 1 is 1.12 bits per heavy atom. The van der Waals surface area contributed by atoms with Gasteiger partial charge in [-0.1, -0.05) is 47.6 Å². The van der Waals surface area contributed by atoms with Crippen molar-refractivity contribution in [3.63, 3.8) is 0 Å². The number of thiophene rings is 1. The van der Waals surface area contributed by atoms with Crippen molar-refractivity contribution < 1.29 is 9.59 Å². The second kappa shape index (κ2) is 10.7. The van der Waals surface area contributed by atoms with Gasteiger partial charge in [-0.15, -0.1) is 11.3 Å². The Kier molecular flexibility index (Phi) is 7.53. The number of dihydropyridines is 1. The summed E-state index contributed by atoms with van der Waals surface area (Å²) in [5.74, 6) is -0.729. The molecule has 5 nitrogen and oxygen atoms in total. The van der Waals surface area contributed by atoms with Crippen LogP contribution in [0.25, 0.3) is 0 Å². The first-order valence-corrected chi connectivity index (χ1v) is 12.7. The third-order valence-corrected chi connectivity index (χ3v) is 7.47. The standard InChI is InChI=1S/C26H20ClN3O2S2/c1-16-23(25(32)30-19-6-3-2-4-7-19)24(22-8-5-13-33-22)20(14-28)26(29-16)34-15-21(31)17-9-11-18(27)12-10-17/h2-13,24,29H,15H2,1H3,(H,30,32). The fraction of sp³-hybridized carbons (Fsp3) is 0.115. The van der Waals surface area contributed by atoms with Gasteiger partial charge in [0.25, 0.3) is 5.91 Å². The zero-order chi connectivity index (χ0) is 24.1. The van der Waals surface area contributed by atoms with E-state index in [-0.39, 0.29) is 17.4 Å². The molecule has 34 heavy (non-hydrogen) atoms. The van der Waals surface area contributed by atoms with E-state index in [0.29, 0.717) is 38.1 Å². The summed E-state index contributed by atoms with van der Waals surface area (Å²) >= 11 is 8.67. The van der Waals surface area contributed by atoms with Crippen LogP contribution in [0.2, 0.25) is 5.02 Å². The molecule has 1 amide bonds. The van der Waals surface area contributed by atoms with Gasteiger partial charge in [0.15, 0.2) is 5.78 Å². The first kappa shape index (κ1) is 23.8. The summed E-state index contributed by atoms with van der Waals surface area (Å²) in [6, 6.07) is 22.0. The van der Waals surface area contributed by atoms with Crippen molar-refractivity contribution in [2.75, 3.05) is 11.1 Å². The number of Topliss-reactive ketones (excluding diaryl/α,β-unsaturated/α-hetero) is 1. The molecule has 0 aliphatic carbocycles. The molecule has 2 heterocycles. The number of carbonyl (C=O) groups is 2. The molecule has 1 aliphatic heterocycles. The number of thioether (sulfide) groups is 1. The molecule has 1 aromatic heterocycles. The minimum absolute atomic E-state index is 0.0739. The molecule has 0 bridgehead atoms. The lowest BCUT2D eigenvalue weighted by molar-refractivity contribution is -0.113. The van der Waals surface area contributed by atoms with Crippen LogP contribution in [0, 0.1) is 11.3 Å². The summed E-state index contributed by atoms with van der Waals surface area (Å²) in [6.07, 6.45) is 0. The molecule has 3 aromatic rings. The van der Waals surface area contributed by atoms with Gasteiger partial charge in [-0.05, 0) is 54.8 Å². The molecule has 0 spiro atoms. The molecule has 8 heteroatoms. The van der Waals surface area contributed by atoms with Crippen molar-refractivity contribution >= 4 is 52.1 Å². The fourth-order valence-electron chi connectivity index (χ4n) is 3.64. The fourth-order valence-corrected chi connectivity index (χ4v) is 5.60. The van der Waals surface area contributed by atoms with Crippen molar-refractivity contribution in [3.05, 3.63) is 109 Å². The van der Waals surface area contributed by atoms with Crippen LogP contribution in [0.15, 0.2) is 94.0 Å². The van der Waals surface area contributed by atoms with Crippen molar-refractivity contribution in [1.29, 1.82) is 5.26 Å². The van der Waals surface area contributed by atoms with E-state index < -0.39 is 5.92 Å².